The minimum Gasteiger partial charge on any atom is -0.423 e. The van der Waals surface area contributed by atoms with Crippen LogP contribution < -0.4 is 5.73 Å². The molecule has 0 spiro atoms. The zero-order chi connectivity index (χ0) is 10.0. The Labute approximate surface area is 83.9 Å². The van der Waals surface area contributed by atoms with Crippen LogP contribution in [0.3, 0.4) is 0 Å². The van der Waals surface area contributed by atoms with Gasteiger partial charge in [0.1, 0.15) is 0 Å². The largest absolute Gasteiger partial charge is 0.423 e. The Hall–Kier alpha value is -0.900. The maximum Gasteiger partial charge on any atom is 0.230 e. The van der Waals surface area contributed by atoms with Crippen molar-refractivity contribution >= 4 is 0 Å². The molecule has 1 aromatic rings. The van der Waals surface area contributed by atoms with Crippen molar-refractivity contribution in [2.45, 2.75) is 51.0 Å². The minimum atomic E-state index is 0.0959. The highest BCUT2D eigenvalue weighted by molar-refractivity contribution is 5.03. The maximum absolute atomic E-state index is 5.53. The van der Waals surface area contributed by atoms with Crippen molar-refractivity contribution in [1.82, 2.24) is 10.2 Å². The van der Waals surface area contributed by atoms with Gasteiger partial charge in [0.25, 0.3) is 0 Å². The van der Waals surface area contributed by atoms with Crippen LogP contribution in [0, 0.1) is 0 Å². The Morgan fingerprint density at radius 2 is 2.00 bits per heavy atom. The van der Waals surface area contributed by atoms with Crippen molar-refractivity contribution in [2.75, 3.05) is 0 Å². The quantitative estimate of drug-likeness (QED) is 0.780. The van der Waals surface area contributed by atoms with E-state index in [9.17, 15) is 0 Å². The highest BCUT2D eigenvalue weighted by atomic mass is 16.4. The van der Waals surface area contributed by atoms with Crippen LogP contribution in [0.1, 0.15) is 50.8 Å². The molecular formula is C10H17N3O. The van der Waals surface area contributed by atoms with Gasteiger partial charge in [-0.25, -0.2) is 0 Å². The second kappa shape index (κ2) is 3.69. The van der Waals surface area contributed by atoms with Crippen molar-refractivity contribution in [3.63, 3.8) is 0 Å². The molecule has 4 heteroatoms. The van der Waals surface area contributed by atoms with Gasteiger partial charge in [-0.2, -0.15) is 0 Å². The second-order valence-electron chi connectivity index (χ2n) is 4.33. The highest BCUT2D eigenvalue weighted by Crippen LogP contribution is 2.37. The first-order valence-corrected chi connectivity index (χ1v) is 5.27. The molecule has 1 aliphatic rings. The van der Waals surface area contributed by atoms with Crippen molar-refractivity contribution in [1.29, 1.82) is 0 Å². The number of aromatic nitrogens is 2. The van der Waals surface area contributed by atoms with Gasteiger partial charge in [0.15, 0.2) is 0 Å². The molecule has 0 bridgehead atoms. The molecule has 0 aromatic carbocycles. The van der Waals surface area contributed by atoms with Crippen LogP contribution in [0.15, 0.2) is 4.42 Å². The molecule has 1 aliphatic carbocycles. The SMILES string of the molecule is CC1(c2nnc(CN)o2)CCCCC1. The third kappa shape index (κ3) is 1.66. The molecular weight excluding hydrogens is 178 g/mol. The lowest BCUT2D eigenvalue weighted by Gasteiger charge is -2.29. The van der Waals surface area contributed by atoms with Gasteiger partial charge in [-0.3, -0.25) is 0 Å². The maximum atomic E-state index is 5.53. The van der Waals surface area contributed by atoms with E-state index >= 15 is 0 Å². The summed E-state index contributed by atoms with van der Waals surface area (Å²) >= 11 is 0. The zero-order valence-electron chi connectivity index (χ0n) is 8.62. The van der Waals surface area contributed by atoms with E-state index < -0.39 is 0 Å². The molecule has 0 amide bonds. The molecule has 1 fully saturated rings. The van der Waals surface area contributed by atoms with E-state index in [-0.39, 0.29) is 5.41 Å². The summed E-state index contributed by atoms with van der Waals surface area (Å²) in [4.78, 5) is 0. The van der Waals surface area contributed by atoms with Gasteiger partial charge in [0.05, 0.1) is 6.54 Å². The zero-order valence-corrected chi connectivity index (χ0v) is 8.62. The topological polar surface area (TPSA) is 64.9 Å². The molecule has 0 saturated heterocycles. The molecule has 4 nitrogen and oxygen atoms in total. The molecule has 78 valence electrons. The fraction of sp³-hybridized carbons (Fsp3) is 0.800. The summed E-state index contributed by atoms with van der Waals surface area (Å²) in [6.45, 7) is 2.54. The summed E-state index contributed by atoms with van der Waals surface area (Å²) in [5.41, 5.74) is 5.54. The lowest BCUT2D eigenvalue weighted by Crippen LogP contribution is -2.25. The summed E-state index contributed by atoms with van der Waals surface area (Å²) in [7, 11) is 0. The molecule has 1 saturated carbocycles. The number of hydrogen-bond donors (Lipinski definition) is 1. The first-order chi connectivity index (χ1) is 6.74. The number of nitrogens with two attached hydrogens (primary N) is 1. The standard InChI is InChI=1S/C10H17N3O/c1-10(5-3-2-4-6-10)9-13-12-8(7-11)14-9/h2-7,11H2,1H3. The van der Waals surface area contributed by atoms with Crippen LogP contribution in [-0.4, -0.2) is 10.2 Å². The van der Waals surface area contributed by atoms with Crippen molar-refractivity contribution in [2.24, 2.45) is 5.73 Å². The average molecular weight is 195 g/mol. The van der Waals surface area contributed by atoms with Crippen molar-refractivity contribution < 1.29 is 4.42 Å². The molecule has 0 unspecified atom stereocenters. The molecule has 2 rings (SSSR count). The fourth-order valence-electron chi connectivity index (χ4n) is 2.13. The Kier molecular flexibility index (Phi) is 2.54. The predicted octanol–water partition coefficient (Wildman–Crippen LogP) is 1.75. The van der Waals surface area contributed by atoms with Gasteiger partial charge in [-0.05, 0) is 12.8 Å². The van der Waals surface area contributed by atoms with Gasteiger partial charge in [0, 0.05) is 5.41 Å². The second-order valence-corrected chi connectivity index (χ2v) is 4.33. The third-order valence-electron chi connectivity index (χ3n) is 3.11. The summed E-state index contributed by atoms with van der Waals surface area (Å²) < 4.78 is 5.53. The monoisotopic (exact) mass is 195 g/mol. The van der Waals surface area contributed by atoms with Gasteiger partial charge >= 0.3 is 0 Å². The van der Waals surface area contributed by atoms with Gasteiger partial charge < -0.3 is 10.2 Å². The van der Waals surface area contributed by atoms with Gasteiger partial charge in [-0.15, -0.1) is 10.2 Å². The van der Waals surface area contributed by atoms with E-state index in [2.05, 4.69) is 17.1 Å². The summed E-state index contributed by atoms with van der Waals surface area (Å²) in [5.74, 6) is 1.32. The lowest BCUT2D eigenvalue weighted by molar-refractivity contribution is 0.252. The first-order valence-electron chi connectivity index (χ1n) is 5.27. The van der Waals surface area contributed by atoms with E-state index in [0.717, 1.165) is 18.7 Å². The van der Waals surface area contributed by atoms with Crippen LogP contribution in [0.2, 0.25) is 0 Å². The van der Waals surface area contributed by atoms with Crippen molar-refractivity contribution in [3.8, 4) is 0 Å². The summed E-state index contributed by atoms with van der Waals surface area (Å²) in [6, 6.07) is 0. The average Bonchev–Trinajstić information content (AvgIpc) is 2.67. The Bertz CT molecular complexity index is 302. The van der Waals surface area contributed by atoms with Crippen LogP contribution in [0.4, 0.5) is 0 Å². The predicted molar refractivity (Wildman–Crippen MR) is 52.6 cm³/mol. The Morgan fingerprint density at radius 1 is 1.29 bits per heavy atom. The molecule has 1 heterocycles. The molecule has 2 N–H and O–H groups in total. The van der Waals surface area contributed by atoms with Crippen LogP contribution >= 0.6 is 0 Å². The number of hydrogen-bond acceptors (Lipinski definition) is 4. The molecule has 0 aliphatic heterocycles. The van der Waals surface area contributed by atoms with E-state index in [0.29, 0.717) is 12.4 Å². The Morgan fingerprint density at radius 3 is 2.57 bits per heavy atom. The van der Waals surface area contributed by atoms with E-state index in [1.54, 1.807) is 0 Å². The highest BCUT2D eigenvalue weighted by Gasteiger charge is 2.33. The molecule has 1 aromatic heterocycles. The van der Waals surface area contributed by atoms with E-state index in [1.807, 2.05) is 0 Å². The normalized spacial score (nSPS) is 21.0. The molecule has 0 radical (unpaired) electrons. The van der Waals surface area contributed by atoms with E-state index in [1.165, 1.54) is 19.3 Å². The van der Waals surface area contributed by atoms with Crippen molar-refractivity contribution in [3.05, 3.63) is 11.8 Å². The van der Waals surface area contributed by atoms with Gasteiger partial charge in [0.2, 0.25) is 11.8 Å². The van der Waals surface area contributed by atoms with E-state index in [4.69, 9.17) is 10.2 Å². The molecule has 14 heavy (non-hydrogen) atoms. The van der Waals surface area contributed by atoms with Gasteiger partial charge in [-0.1, -0.05) is 26.2 Å². The summed E-state index contributed by atoms with van der Waals surface area (Å²) in [6.07, 6.45) is 6.15. The Balaban J connectivity index is 2.19. The smallest absolute Gasteiger partial charge is 0.230 e. The van der Waals surface area contributed by atoms with Crippen LogP contribution in [0.25, 0.3) is 0 Å². The van der Waals surface area contributed by atoms with Crippen LogP contribution in [0.5, 0.6) is 0 Å². The minimum absolute atomic E-state index is 0.0959. The number of rotatable bonds is 2. The number of nitrogens with zero attached hydrogens (tertiary/aromatic N) is 2. The van der Waals surface area contributed by atoms with Crippen LogP contribution in [-0.2, 0) is 12.0 Å². The molecule has 0 atom stereocenters. The fourth-order valence-corrected chi connectivity index (χ4v) is 2.13. The summed E-state index contributed by atoms with van der Waals surface area (Å²) in [5, 5.41) is 8.00. The first kappa shape index (κ1) is 9.65. The lowest BCUT2D eigenvalue weighted by atomic mass is 9.76. The third-order valence-corrected chi connectivity index (χ3v) is 3.11.